The van der Waals surface area contributed by atoms with Crippen molar-refractivity contribution in [3.05, 3.63) is 99.5 Å². The second-order valence-corrected chi connectivity index (χ2v) is 11.0. The highest BCUT2D eigenvalue weighted by molar-refractivity contribution is 6.30. The molecule has 1 saturated carbocycles. The van der Waals surface area contributed by atoms with Crippen LogP contribution in [0.2, 0.25) is 5.02 Å². The van der Waals surface area contributed by atoms with Crippen LogP contribution in [0.1, 0.15) is 62.5 Å². The highest BCUT2D eigenvalue weighted by Crippen LogP contribution is 2.39. The summed E-state index contributed by atoms with van der Waals surface area (Å²) in [6.07, 6.45) is 9.43. The lowest BCUT2D eigenvalue weighted by Gasteiger charge is -2.34. The number of H-pyrrole nitrogens is 1. The zero-order chi connectivity index (χ0) is 29.1. The van der Waals surface area contributed by atoms with E-state index >= 15 is 0 Å². The number of allylic oxidation sites excluding steroid dienone is 1. The Morgan fingerprint density at radius 3 is 2.73 bits per heavy atom. The van der Waals surface area contributed by atoms with Crippen LogP contribution in [-0.2, 0) is 0 Å². The van der Waals surface area contributed by atoms with Gasteiger partial charge in [0.1, 0.15) is 11.7 Å². The first-order valence-corrected chi connectivity index (χ1v) is 14.1. The van der Waals surface area contributed by atoms with Crippen LogP contribution in [0.25, 0.3) is 5.70 Å². The molecule has 3 heterocycles. The lowest BCUT2D eigenvalue weighted by atomic mass is 9.81. The van der Waals surface area contributed by atoms with Gasteiger partial charge >= 0.3 is 5.76 Å². The lowest BCUT2D eigenvalue weighted by molar-refractivity contribution is 0.268. The Labute approximate surface area is 242 Å². The normalized spacial score (nSPS) is 23.3. The smallest absolute Gasteiger partial charge is 0.384 e. The van der Waals surface area contributed by atoms with E-state index in [-0.39, 0.29) is 29.5 Å². The molecule has 1 fully saturated rings. The Kier molecular flexibility index (Phi) is 8.49. The first-order chi connectivity index (χ1) is 19.7. The number of nitrogens with two attached hydrogens (primary N) is 1. The van der Waals surface area contributed by atoms with E-state index in [0.29, 0.717) is 40.2 Å². The van der Waals surface area contributed by atoms with Crippen molar-refractivity contribution < 1.29 is 8.81 Å². The molecule has 11 heteroatoms. The molecule has 41 heavy (non-hydrogen) atoms. The summed E-state index contributed by atoms with van der Waals surface area (Å²) in [5.74, 6) is 0.0608. The predicted molar refractivity (Wildman–Crippen MR) is 158 cm³/mol. The standard InChI is InChI=1S/C30H33ClFN7O2/c1-4-19-9-11-20(12-10-19)16-39-26(18(3)35-28(39)17(2)23-7-5-6-8-24(23)32)25(21-13-22(31)15-34-14-21)36-27(33)29-37-38-30(40)41-29/h4-8,13-15,17-20H,1,9-12,16H2,2-3H3,(H2,33,36)(H,38,40)/b26-25+. The van der Waals surface area contributed by atoms with Crippen LogP contribution >= 0.6 is 11.6 Å². The Morgan fingerprint density at radius 1 is 1.32 bits per heavy atom. The number of aliphatic imine (C=N–C) groups is 2. The SMILES string of the molecule is C=CC1CCC(CN2C(C(C)c3ccccc3F)=NC(C)/C2=C(\N=C(N)c2n[nH]c(=O)o2)c2cncc(Cl)c2)CC1. The number of rotatable bonds is 8. The van der Waals surface area contributed by atoms with Gasteiger partial charge in [0.15, 0.2) is 5.84 Å². The number of aromatic amines is 1. The quantitative estimate of drug-likeness (QED) is 0.206. The van der Waals surface area contributed by atoms with Gasteiger partial charge in [0.05, 0.1) is 22.5 Å². The van der Waals surface area contributed by atoms with Gasteiger partial charge in [0, 0.05) is 30.4 Å². The van der Waals surface area contributed by atoms with Gasteiger partial charge in [0.2, 0.25) is 0 Å². The Balaban J connectivity index is 1.65. The van der Waals surface area contributed by atoms with Crippen LogP contribution in [0.3, 0.4) is 0 Å². The van der Waals surface area contributed by atoms with Crippen molar-refractivity contribution in [2.75, 3.05) is 6.54 Å². The highest BCUT2D eigenvalue weighted by atomic mass is 35.5. The van der Waals surface area contributed by atoms with Crippen molar-refractivity contribution in [3.8, 4) is 0 Å². The van der Waals surface area contributed by atoms with Crippen LogP contribution in [0, 0.1) is 17.7 Å². The second-order valence-electron chi connectivity index (χ2n) is 10.6. The molecule has 1 aromatic carbocycles. The van der Waals surface area contributed by atoms with Gasteiger partial charge in [-0.25, -0.2) is 19.3 Å². The molecule has 0 spiro atoms. The van der Waals surface area contributed by atoms with E-state index in [1.165, 1.54) is 12.3 Å². The minimum atomic E-state index is -0.743. The monoisotopic (exact) mass is 577 g/mol. The van der Waals surface area contributed by atoms with Crippen molar-refractivity contribution >= 4 is 29.0 Å². The van der Waals surface area contributed by atoms with Gasteiger partial charge in [-0.3, -0.25) is 9.98 Å². The topological polar surface area (TPSA) is 126 Å². The summed E-state index contributed by atoms with van der Waals surface area (Å²) in [7, 11) is 0. The zero-order valence-corrected chi connectivity index (χ0v) is 23.8. The maximum atomic E-state index is 15.0. The van der Waals surface area contributed by atoms with Gasteiger partial charge in [-0.1, -0.05) is 42.8 Å². The van der Waals surface area contributed by atoms with Gasteiger partial charge in [-0.15, -0.1) is 11.7 Å². The Morgan fingerprint density at radius 2 is 2.07 bits per heavy atom. The fraction of sp³-hybridized carbons (Fsp3) is 0.367. The van der Waals surface area contributed by atoms with Crippen molar-refractivity contribution in [2.24, 2.45) is 27.6 Å². The fourth-order valence-electron chi connectivity index (χ4n) is 5.69. The van der Waals surface area contributed by atoms with Crippen LogP contribution in [0.4, 0.5) is 4.39 Å². The second kappa shape index (κ2) is 12.2. The van der Waals surface area contributed by atoms with Crippen molar-refractivity contribution in [1.29, 1.82) is 0 Å². The average molecular weight is 578 g/mol. The molecule has 0 amide bonds. The van der Waals surface area contributed by atoms with Gasteiger partial charge < -0.3 is 15.1 Å². The Bertz CT molecular complexity index is 1570. The van der Waals surface area contributed by atoms with E-state index < -0.39 is 5.76 Å². The van der Waals surface area contributed by atoms with Crippen LogP contribution in [-0.4, -0.2) is 44.3 Å². The van der Waals surface area contributed by atoms with Crippen molar-refractivity contribution in [3.63, 3.8) is 0 Å². The molecule has 0 bridgehead atoms. The van der Waals surface area contributed by atoms with Crippen LogP contribution in [0.15, 0.2) is 80.3 Å². The number of benzene rings is 1. The highest BCUT2D eigenvalue weighted by Gasteiger charge is 2.37. The number of halogens is 2. The number of hydrogen-bond acceptors (Lipinski definition) is 7. The molecule has 9 nitrogen and oxygen atoms in total. The predicted octanol–water partition coefficient (Wildman–Crippen LogP) is 5.52. The summed E-state index contributed by atoms with van der Waals surface area (Å²) in [4.78, 5) is 27.8. The molecular formula is C30H33ClFN7O2. The summed E-state index contributed by atoms with van der Waals surface area (Å²) in [6, 6.07) is 8.17. The molecule has 2 atom stereocenters. The average Bonchev–Trinajstić information content (AvgIpc) is 3.54. The zero-order valence-electron chi connectivity index (χ0n) is 23.1. The summed E-state index contributed by atoms with van der Waals surface area (Å²) in [6.45, 7) is 8.58. The number of amidine groups is 2. The van der Waals surface area contributed by atoms with E-state index in [4.69, 9.17) is 31.7 Å². The molecule has 0 radical (unpaired) electrons. The van der Waals surface area contributed by atoms with Gasteiger partial charge in [-0.05, 0) is 62.1 Å². The third-order valence-corrected chi connectivity index (χ3v) is 8.03. The van der Waals surface area contributed by atoms with E-state index in [9.17, 15) is 9.18 Å². The summed E-state index contributed by atoms with van der Waals surface area (Å²) in [5.41, 5.74) is 8.71. The molecule has 1 aliphatic heterocycles. The molecule has 3 N–H and O–H groups in total. The van der Waals surface area contributed by atoms with Crippen LogP contribution < -0.4 is 11.5 Å². The minimum absolute atomic E-state index is 0.0972. The number of nitrogens with one attached hydrogen (secondary N) is 1. The third-order valence-electron chi connectivity index (χ3n) is 7.82. The fourth-order valence-corrected chi connectivity index (χ4v) is 5.86. The third kappa shape index (κ3) is 6.17. The number of aromatic nitrogens is 3. The van der Waals surface area contributed by atoms with Crippen molar-refractivity contribution in [2.45, 2.75) is 51.5 Å². The Hall–Kier alpha value is -4.05. The summed E-state index contributed by atoms with van der Waals surface area (Å²) < 4.78 is 20.0. The minimum Gasteiger partial charge on any atom is -0.384 e. The molecule has 5 rings (SSSR count). The molecule has 2 aromatic heterocycles. The first kappa shape index (κ1) is 28.5. The van der Waals surface area contributed by atoms with Gasteiger partial charge in [0.25, 0.3) is 5.89 Å². The molecule has 1 aliphatic carbocycles. The number of hydrogen-bond donors (Lipinski definition) is 2. The van der Waals surface area contributed by atoms with Gasteiger partial charge in [-0.2, -0.15) is 0 Å². The van der Waals surface area contributed by atoms with E-state index in [1.54, 1.807) is 24.4 Å². The first-order valence-electron chi connectivity index (χ1n) is 13.7. The summed E-state index contributed by atoms with van der Waals surface area (Å²) >= 11 is 6.35. The van der Waals surface area contributed by atoms with Crippen LogP contribution in [0.5, 0.6) is 0 Å². The number of pyridine rings is 1. The van der Waals surface area contributed by atoms with E-state index in [0.717, 1.165) is 37.2 Å². The maximum Gasteiger partial charge on any atom is 0.434 e. The number of nitrogens with zero attached hydrogens (tertiary/aromatic N) is 5. The molecule has 2 aliphatic rings. The molecule has 0 saturated heterocycles. The van der Waals surface area contributed by atoms with E-state index in [1.807, 2.05) is 26.0 Å². The molecule has 214 valence electrons. The largest absolute Gasteiger partial charge is 0.434 e. The molecule has 3 aromatic rings. The van der Waals surface area contributed by atoms with E-state index in [2.05, 4.69) is 26.7 Å². The van der Waals surface area contributed by atoms with Crippen molar-refractivity contribution in [1.82, 2.24) is 20.1 Å². The summed E-state index contributed by atoms with van der Waals surface area (Å²) in [5, 5.41) is 6.46. The lowest BCUT2D eigenvalue weighted by Crippen LogP contribution is -2.37. The molecule has 2 unspecified atom stereocenters. The molecular weight excluding hydrogens is 545 g/mol. The maximum absolute atomic E-state index is 15.0.